The van der Waals surface area contributed by atoms with Gasteiger partial charge in [0, 0.05) is 23.3 Å². The maximum Gasteiger partial charge on any atom is 0.224 e. The average Bonchev–Trinajstić information content (AvgIpc) is 2.91. The molecule has 24 heavy (non-hydrogen) atoms. The lowest BCUT2D eigenvalue weighted by Gasteiger charge is -2.10. The third-order valence-electron chi connectivity index (χ3n) is 3.80. The Morgan fingerprint density at radius 3 is 2.71 bits per heavy atom. The first-order valence-corrected chi connectivity index (χ1v) is 7.66. The molecule has 1 aromatic heterocycles. The standard InChI is InChI=1S/C18H20N2O3.ClH/c1-19-9-5-8-18(21)20-14-11-16-13(10-17(14)22-2)12-6-3-4-7-15(12)23-16;/h3-4,6-7,10-11,19H,5,8-9H2,1-2H3,(H,20,21);1H. The molecule has 0 bridgehead atoms. The van der Waals surface area contributed by atoms with Crippen LogP contribution < -0.4 is 15.4 Å². The Labute approximate surface area is 146 Å². The number of nitrogens with one attached hydrogen (secondary N) is 2. The van der Waals surface area contributed by atoms with Crippen LogP contribution in [0, 0.1) is 0 Å². The lowest BCUT2D eigenvalue weighted by atomic mass is 10.1. The summed E-state index contributed by atoms with van der Waals surface area (Å²) in [4.78, 5) is 12.0. The number of hydrogen-bond donors (Lipinski definition) is 2. The Morgan fingerprint density at radius 1 is 1.17 bits per heavy atom. The number of halogens is 1. The van der Waals surface area contributed by atoms with Crippen molar-refractivity contribution in [3.05, 3.63) is 36.4 Å². The van der Waals surface area contributed by atoms with E-state index in [2.05, 4.69) is 10.6 Å². The number of anilines is 1. The molecule has 3 aromatic rings. The molecule has 0 atom stereocenters. The third-order valence-corrected chi connectivity index (χ3v) is 3.80. The predicted molar refractivity (Wildman–Crippen MR) is 99.3 cm³/mol. The Balaban J connectivity index is 0.00000208. The summed E-state index contributed by atoms with van der Waals surface area (Å²) in [6, 6.07) is 11.6. The zero-order valence-corrected chi connectivity index (χ0v) is 14.5. The van der Waals surface area contributed by atoms with Crippen LogP contribution in [-0.4, -0.2) is 26.6 Å². The number of fused-ring (bicyclic) bond motifs is 3. The topological polar surface area (TPSA) is 63.5 Å². The van der Waals surface area contributed by atoms with Gasteiger partial charge in [-0.05, 0) is 32.1 Å². The number of carbonyl (C=O) groups excluding carboxylic acids is 1. The summed E-state index contributed by atoms with van der Waals surface area (Å²) < 4.78 is 11.3. The molecule has 0 fully saturated rings. The molecule has 2 aromatic carbocycles. The first-order chi connectivity index (χ1) is 11.2. The molecular formula is C18H21ClN2O3. The van der Waals surface area contributed by atoms with Crippen LogP contribution in [0.25, 0.3) is 21.9 Å². The number of carbonyl (C=O) groups is 1. The van der Waals surface area contributed by atoms with Gasteiger partial charge in [0.05, 0.1) is 12.8 Å². The SMILES string of the molecule is CNCCCC(=O)Nc1cc2oc3ccccc3c2cc1OC.Cl. The molecule has 1 amide bonds. The second kappa shape index (κ2) is 8.04. The lowest BCUT2D eigenvalue weighted by molar-refractivity contribution is -0.116. The molecule has 0 aliphatic carbocycles. The quantitative estimate of drug-likeness (QED) is 0.662. The number of ether oxygens (including phenoxy) is 1. The average molecular weight is 349 g/mol. The number of benzene rings is 2. The van der Waals surface area contributed by atoms with Crippen LogP contribution in [0.2, 0.25) is 0 Å². The molecule has 0 saturated carbocycles. The van der Waals surface area contributed by atoms with E-state index in [9.17, 15) is 4.79 Å². The minimum absolute atomic E-state index is 0. The van der Waals surface area contributed by atoms with Crippen molar-refractivity contribution in [3.8, 4) is 5.75 Å². The summed E-state index contributed by atoms with van der Waals surface area (Å²) in [6.45, 7) is 0.813. The van der Waals surface area contributed by atoms with Crippen molar-refractivity contribution in [2.24, 2.45) is 0 Å². The maximum atomic E-state index is 12.0. The number of furan rings is 1. The molecule has 1 heterocycles. The van der Waals surface area contributed by atoms with Gasteiger partial charge >= 0.3 is 0 Å². The Hall–Kier alpha value is -2.24. The molecular weight excluding hydrogens is 328 g/mol. The number of hydrogen-bond acceptors (Lipinski definition) is 4. The minimum Gasteiger partial charge on any atom is -0.495 e. The van der Waals surface area contributed by atoms with E-state index < -0.39 is 0 Å². The highest BCUT2D eigenvalue weighted by atomic mass is 35.5. The molecule has 6 heteroatoms. The monoisotopic (exact) mass is 348 g/mol. The molecule has 0 saturated heterocycles. The van der Waals surface area contributed by atoms with Gasteiger partial charge in [-0.15, -0.1) is 12.4 Å². The van der Waals surface area contributed by atoms with Crippen LogP contribution in [0.5, 0.6) is 5.75 Å². The van der Waals surface area contributed by atoms with Crippen LogP contribution in [0.4, 0.5) is 5.69 Å². The molecule has 0 aliphatic rings. The van der Waals surface area contributed by atoms with Gasteiger partial charge in [0.2, 0.25) is 5.91 Å². The van der Waals surface area contributed by atoms with E-state index in [-0.39, 0.29) is 18.3 Å². The van der Waals surface area contributed by atoms with Crippen molar-refractivity contribution in [1.82, 2.24) is 5.32 Å². The van der Waals surface area contributed by atoms with Crippen molar-refractivity contribution >= 4 is 45.9 Å². The first-order valence-electron chi connectivity index (χ1n) is 7.66. The summed E-state index contributed by atoms with van der Waals surface area (Å²) in [5, 5.41) is 7.95. The Bertz CT molecular complexity index is 845. The molecule has 3 rings (SSSR count). The van der Waals surface area contributed by atoms with E-state index >= 15 is 0 Å². The molecule has 0 radical (unpaired) electrons. The van der Waals surface area contributed by atoms with Gasteiger partial charge in [0.1, 0.15) is 16.9 Å². The van der Waals surface area contributed by atoms with Crippen molar-refractivity contribution in [1.29, 1.82) is 0 Å². The normalized spacial score (nSPS) is 10.6. The van der Waals surface area contributed by atoms with Gasteiger partial charge in [-0.2, -0.15) is 0 Å². The second-order valence-electron chi connectivity index (χ2n) is 5.40. The van der Waals surface area contributed by atoms with E-state index in [0.717, 1.165) is 34.9 Å². The Morgan fingerprint density at radius 2 is 1.96 bits per heavy atom. The second-order valence-corrected chi connectivity index (χ2v) is 5.40. The first kappa shape index (κ1) is 18.1. The van der Waals surface area contributed by atoms with Crippen molar-refractivity contribution < 1.29 is 13.9 Å². The number of methoxy groups -OCH3 is 1. The van der Waals surface area contributed by atoms with E-state index in [1.165, 1.54) is 0 Å². The fourth-order valence-corrected chi connectivity index (χ4v) is 2.66. The largest absolute Gasteiger partial charge is 0.495 e. The lowest BCUT2D eigenvalue weighted by Crippen LogP contribution is -2.15. The van der Waals surface area contributed by atoms with Gasteiger partial charge in [-0.1, -0.05) is 18.2 Å². The van der Waals surface area contributed by atoms with Gasteiger partial charge in [-0.25, -0.2) is 0 Å². The fraction of sp³-hybridized carbons (Fsp3) is 0.278. The minimum atomic E-state index is -0.0333. The Kier molecular flexibility index (Phi) is 6.06. The van der Waals surface area contributed by atoms with Gasteiger partial charge in [0.25, 0.3) is 0 Å². The molecule has 0 spiro atoms. The fourth-order valence-electron chi connectivity index (χ4n) is 2.66. The molecule has 0 aliphatic heterocycles. The smallest absolute Gasteiger partial charge is 0.224 e. The van der Waals surface area contributed by atoms with E-state index in [1.807, 2.05) is 43.4 Å². The van der Waals surface area contributed by atoms with Gasteiger partial charge < -0.3 is 19.8 Å². The highest BCUT2D eigenvalue weighted by Crippen LogP contribution is 2.36. The van der Waals surface area contributed by atoms with E-state index in [1.54, 1.807) is 7.11 Å². The summed E-state index contributed by atoms with van der Waals surface area (Å²) in [5.74, 6) is 0.597. The predicted octanol–water partition coefficient (Wildman–Crippen LogP) is 3.95. The summed E-state index contributed by atoms with van der Waals surface area (Å²) >= 11 is 0. The number of amides is 1. The van der Waals surface area contributed by atoms with Crippen molar-refractivity contribution in [2.45, 2.75) is 12.8 Å². The summed E-state index contributed by atoms with van der Waals surface area (Å²) in [5.41, 5.74) is 2.19. The van der Waals surface area contributed by atoms with Crippen LogP contribution in [0.15, 0.2) is 40.8 Å². The maximum absolute atomic E-state index is 12.0. The molecule has 0 unspecified atom stereocenters. The van der Waals surface area contributed by atoms with Crippen LogP contribution in [0.1, 0.15) is 12.8 Å². The zero-order chi connectivity index (χ0) is 16.2. The van der Waals surface area contributed by atoms with Gasteiger partial charge in [0.15, 0.2) is 0 Å². The summed E-state index contributed by atoms with van der Waals surface area (Å²) in [7, 11) is 3.47. The van der Waals surface area contributed by atoms with E-state index in [0.29, 0.717) is 17.9 Å². The number of rotatable bonds is 6. The van der Waals surface area contributed by atoms with E-state index in [4.69, 9.17) is 9.15 Å². The van der Waals surface area contributed by atoms with Crippen LogP contribution in [-0.2, 0) is 4.79 Å². The summed E-state index contributed by atoms with van der Waals surface area (Å²) in [6.07, 6.45) is 1.25. The number of para-hydroxylation sites is 1. The van der Waals surface area contributed by atoms with Crippen LogP contribution >= 0.6 is 12.4 Å². The molecule has 5 nitrogen and oxygen atoms in total. The highest BCUT2D eigenvalue weighted by Gasteiger charge is 2.13. The third kappa shape index (κ3) is 3.63. The molecule has 2 N–H and O–H groups in total. The van der Waals surface area contributed by atoms with Gasteiger partial charge in [-0.3, -0.25) is 4.79 Å². The van der Waals surface area contributed by atoms with Crippen LogP contribution in [0.3, 0.4) is 0 Å². The highest BCUT2D eigenvalue weighted by molar-refractivity contribution is 6.07. The van der Waals surface area contributed by atoms with Crippen molar-refractivity contribution in [2.75, 3.05) is 26.0 Å². The van der Waals surface area contributed by atoms with Crippen molar-refractivity contribution in [3.63, 3.8) is 0 Å². The zero-order valence-electron chi connectivity index (χ0n) is 13.7. The molecule has 128 valence electrons.